The summed E-state index contributed by atoms with van der Waals surface area (Å²) in [6, 6.07) is 0. The molecule has 0 aromatic heterocycles. The number of nitrogens with two attached hydrogens (primary N) is 1. The Morgan fingerprint density at radius 3 is 2.40 bits per heavy atom. The van der Waals surface area contributed by atoms with Gasteiger partial charge in [-0.25, -0.2) is 0 Å². The summed E-state index contributed by atoms with van der Waals surface area (Å²) < 4.78 is 9.82. The molecule has 0 saturated carbocycles. The van der Waals surface area contributed by atoms with E-state index in [1.807, 2.05) is 0 Å². The third-order valence-corrected chi connectivity index (χ3v) is 2.07. The van der Waals surface area contributed by atoms with Gasteiger partial charge in [-0.15, -0.1) is 0 Å². The van der Waals surface area contributed by atoms with E-state index in [0.29, 0.717) is 39.3 Å². The number of hydrogen-bond acceptors (Lipinski definition) is 4. The van der Waals surface area contributed by atoms with Crippen molar-refractivity contribution in [2.45, 2.75) is 12.8 Å². The molecule has 0 aliphatic carbocycles. The van der Waals surface area contributed by atoms with Crippen LogP contribution in [0.4, 0.5) is 0 Å². The Bertz CT molecular complexity index is 157. The van der Waals surface area contributed by atoms with Gasteiger partial charge in [0.25, 0.3) is 0 Å². The fraction of sp³-hybridized carbons (Fsp3) is 0.900. The molecule has 0 aliphatic heterocycles. The average Bonchev–Trinajstić information content (AvgIpc) is 2.26. The van der Waals surface area contributed by atoms with Crippen molar-refractivity contribution in [2.24, 2.45) is 5.73 Å². The molecule has 0 aliphatic rings. The van der Waals surface area contributed by atoms with Gasteiger partial charge in [0.2, 0.25) is 5.91 Å². The summed E-state index contributed by atoms with van der Waals surface area (Å²) in [5, 5.41) is 0. The van der Waals surface area contributed by atoms with E-state index in [2.05, 4.69) is 0 Å². The maximum atomic E-state index is 11.7. The van der Waals surface area contributed by atoms with Crippen molar-refractivity contribution in [3.05, 3.63) is 0 Å². The molecule has 0 bridgehead atoms. The van der Waals surface area contributed by atoms with Gasteiger partial charge in [-0.3, -0.25) is 4.79 Å². The van der Waals surface area contributed by atoms with Crippen molar-refractivity contribution >= 4 is 5.91 Å². The summed E-state index contributed by atoms with van der Waals surface area (Å²) in [4.78, 5) is 13.4. The van der Waals surface area contributed by atoms with Gasteiger partial charge in [-0.05, 0) is 13.0 Å². The van der Waals surface area contributed by atoms with Gasteiger partial charge >= 0.3 is 0 Å². The van der Waals surface area contributed by atoms with Crippen molar-refractivity contribution in [2.75, 3.05) is 47.1 Å². The second-order valence-electron chi connectivity index (χ2n) is 3.26. The summed E-state index contributed by atoms with van der Waals surface area (Å²) in [5.74, 6) is 0.0994. The molecule has 5 nitrogen and oxygen atoms in total. The molecule has 0 atom stereocenters. The number of ether oxygens (including phenoxy) is 2. The molecule has 5 heteroatoms. The first kappa shape index (κ1) is 14.3. The molecule has 0 radical (unpaired) electrons. The third-order valence-electron chi connectivity index (χ3n) is 2.07. The lowest BCUT2D eigenvalue weighted by molar-refractivity contribution is -0.132. The van der Waals surface area contributed by atoms with Crippen molar-refractivity contribution in [3.63, 3.8) is 0 Å². The highest BCUT2D eigenvalue weighted by Crippen LogP contribution is 1.97. The predicted molar refractivity (Wildman–Crippen MR) is 58.6 cm³/mol. The number of rotatable bonds is 9. The Morgan fingerprint density at radius 1 is 1.20 bits per heavy atom. The summed E-state index contributed by atoms with van der Waals surface area (Å²) in [6.07, 6.45) is 1.24. The molecule has 0 aromatic carbocycles. The minimum absolute atomic E-state index is 0.0994. The van der Waals surface area contributed by atoms with E-state index in [0.717, 1.165) is 6.42 Å². The van der Waals surface area contributed by atoms with Crippen LogP contribution in [0.3, 0.4) is 0 Å². The van der Waals surface area contributed by atoms with Crippen LogP contribution >= 0.6 is 0 Å². The Balaban J connectivity index is 3.90. The van der Waals surface area contributed by atoms with Crippen LogP contribution in [0, 0.1) is 0 Å². The molecule has 90 valence electrons. The molecular weight excluding hydrogens is 196 g/mol. The molecule has 0 spiro atoms. The molecule has 0 rings (SSSR count). The van der Waals surface area contributed by atoms with Gasteiger partial charge in [-0.2, -0.15) is 0 Å². The maximum absolute atomic E-state index is 11.7. The van der Waals surface area contributed by atoms with Crippen LogP contribution in [0.25, 0.3) is 0 Å². The normalized spacial score (nSPS) is 10.3. The van der Waals surface area contributed by atoms with E-state index >= 15 is 0 Å². The Kier molecular flexibility index (Phi) is 9.46. The Morgan fingerprint density at radius 2 is 1.87 bits per heavy atom. The predicted octanol–water partition coefficient (Wildman–Crippen LogP) is -0.153. The van der Waals surface area contributed by atoms with E-state index < -0.39 is 0 Å². The van der Waals surface area contributed by atoms with Crippen LogP contribution in [0.1, 0.15) is 12.8 Å². The van der Waals surface area contributed by atoms with Crippen LogP contribution in [0.5, 0.6) is 0 Å². The minimum Gasteiger partial charge on any atom is -0.384 e. The molecular formula is C10H22N2O3. The highest BCUT2D eigenvalue weighted by atomic mass is 16.5. The minimum atomic E-state index is 0.0994. The first-order valence-corrected chi connectivity index (χ1v) is 5.22. The summed E-state index contributed by atoms with van der Waals surface area (Å²) >= 11 is 0. The number of nitrogens with zero attached hydrogens (tertiary/aromatic N) is 1. The van der Waals surface area contributed by atoms with Gasteiger partial charge < -0.3 is 20.1 Å². The SMILES string of the molecule is COCCC(=O)N(CCCN)CCOC. The zero-order chi connectivity index (χ0) is 11.5. The lowest BCUT2D eigenvalue weighted by atomic mass is 10.3. The third kappa shape index (κ3) is 7.30. The van der Waals surface area contributed by atoms with Gasteiger partial charge in [0.05, 0.1) is 19.6 Å². The molecule has 0 fully saturated rings. The molecule has 15 heavy (non-hydrogen) atoms. The summed E-state index contributed by atoms with van der Waals surface area (Å²) in [5.41, 5.74) is 5.41. The van der Waals surface area contributed by atoms with Crippen molar-refractivity contribution < 1.29 is 14.3 Å². The lowest BCUT2D eigenvalue weighted by Crippen LogP contribution is -2.36. The number of carbonyl (C=O) groups is 1. The maximum Gasteiger partial charge on any atom is 0.224 e. The fourth-order valence-corrected chi connectivity index (χ4v) is 1.19. The first-order chi connectivity index (χ1) is 7.26. The molecule has 0 unspecified atom stereocenters. The second kappa shape index (κ2) is 9.89. The van der Waals surface area contributed by atoms with Gasteiger partial charge in [0.15, 0.2) is 0 Å². The first-order valence-electron chi connectivity index (χ1n) is 5.22. The monoisotopic (exact) mass is 218 g/mol. The van der Waals surface area contributed by atoms with Gasteiger partial charge in [0, 0.05) is 27.3 Å². The zero-order valence-corrected chi connectivity index (χ0v) is 9.70. The highest BCUT2D eigenvalue weighted by Gasteiger charge is 2.11. The lowest BCUT2D eigenvalue weighted by Gasteiger charge is -2.22. The number of carbonyl (C=O) groups excluding carboxylic acids is 1. The van der Waals surface area contributed by atoms with Gasteiger partial charge in [0.1, 0.15) is 0 Å². The van der Waals surface area contributed by atoms with E-state index in [9.17, 15) is 4.79 Å². The van der Waals surface area contributed by atoms with Crippen LogP contribution in [-0.4, -0.2) is 57.9 Å². The van der Waals surface area contributed by atoms with Crippen LogP contribution in [0.15, 0.2) is 0 Å². The van der Waals surface area contributed by atoms with Crippen molar-refractivity contribution in [1.82, 2.24) is 4.90 Å². The standard InChI is InChI=1S/C10H22N2O3/c1-14-8-4-10(13)12(6-3-5-11)7-9-15-2/h3-9,11H2,1-2H3. The molecule has 0 saturated heterocycles. The molecule has 0 aromatic rings. The number of amides is 1. The Labute approximate surface area is 91.5 Å². The van der Waals surface area contributed by atoms with Gasteiger partial charge in [-0.1, -0.05) is 0 Å². The van der Waals surface area contributed by atoms with Crippen LogP contribution in [-0.2, 0) is 14.3 Å². The quantitative estimate of drug-likeness (QED) is 0.584. The Hall–Kier alpha value is -0.650. The van der Waals surface area contributed by atoms with Crippen molar-refractivity contribution in [3.8, 4) is 0 Å². The molecule has 2 N–H and O–H groups in total. The molecule has 0 heterocycles. The van der Waals surface area contributed by atoms with Crippen LogP contribution < -0.4 is 5.73 Å². The number of hydrogen-bond donors (Lipinski definition) is 1. The largest absolute Gasteiger partial charge is 0.384 e. The average molecular weight is 218 g/mol. The van der Waals surface area contributed by atoms with E-state index in [4.69, 9.17) is 15.2 Å². The fourth-order valence-electron chi connectivity index (χ4n) is 1.19. The number of methoxy groups -OCH3 is 2. The molecule has 1 amide bonds. The van der Waals surface area contributed by atoms with E-state index in [-0.39, 0.29) is 5.91 Å². The van der Waals surface area contributed by atoms with Crippen molar-refractivity contribution in [1.29, 1.82) is 0 Å². The summed E-state index contributed by atoms with van der Waals surface area (Å²) in [6.45, 7) is 2.94. The zero-order valence-electron chi connectivity index (χ0n) is 9.70. The second-order valence-corrected chi connectivity index (χ2v) is 3.26. The highest BCUT2D eigenvalue weighted by molar-refractivity contribution is 5.76. The van der Waals surface area contributed by atoms with Crippen LogP contribution in [0.2, 0.25) is 0 Å². The smallest absolute Gasteiger partial charge is 0.224 e. The topological polar surface area (TPSA) is 64.8 Å². The van der Waals surface area contributed by atoms with E-state index in [1.54, 1.807) is 19.1 Å². The van der Waals surface area contributed by atoms with E-state index in [1.165, 1.54) is 0 Å². The summed E-state index contributed by atoms with van der Waals surface area (Å²) in [7, 11) is 3.22.